The number of rotatable bonds is 16. The summed E-state index contributed by atoms with van der Waals surface area (Å²) in [5.41, 5.74) is 0. The van der Waals surface area contributed by atoms with E-state index in [1.807, 2.05) is 13.8 Å². The van der Waals surface area contributed by atoms with Crippen molar-refractivity contribution in [2.75, 3.05) is 46.2 Å². The highest BCUT2D eigenvalue weighted by molar-refractivity contribution is 5.79. The van der Waals surface area contributed by atoms with Crippen molar-refractivity contribution in [2.24, 2.45) is 11.8 Å². The van der Waals surface area contributed by atoms with E-state index >= 15 is 0 Å². The lowest BCUT2D eigenvalue weighted by Crippen LogP contribution is -2.34. The fourth-order valence-corrected chi connectivity index (χ4v) is 2.15. The summed E-state index contributed by atoms with van der Waals surface area (Å²) in [5.74, 6) is -1.85. The zero-order chi connectivity index (χ0) is 19.1. The van der Waals surface area contributed by atoms with Gasteiger partial charge in [0.05, 0.1) is 51.7 Å². The van der Waals surface area contributed by atoms with Crippen LogP contribution in [0.15, 0.2) is 0 Å². The van der Waals surface area contributed by atoms with Crippen molar-refractivity contribution in [3.8, 4) is 0 Å². The summed E-state index contributed by atoms with van der Waals surface area (Å²) in [7, 11) is 0. The number of amides is 1. The number of ether oxygens (including phenoxy) is 3. The Labute approximate surface area is 149 Å². The van der Waals surface area contributed by atoms with E-state index in [2.05, 4.69) is 5.32 Å². The molecule has 3 unspecified atom stereocenters. The van der Waals surface area contributed by atoms with Gasteiger partial charge < -0.3 is 29.7 Å². The predicted octanol–water partition coefficient (Wildman–Crippen LogP) is 0.670. The molecule has 0 fully saturated rings. The molecule has 0 aromatic rings. The summed E-state index contributed by atoms with van der Waals surface area (Å²) in [6.07, 6.45) is 0.864. The van der Waals surface area contributed by atoms with E-state index in [0.717, 1.165) is 0 Å². The molecule has 0 aliphatic rings. The van der Waals surface area contributed by atoms with Gasteiger partial charge in [0.1, 0.15) is 0 Å². The molecule has 0 aliphatic heterocycles. The minimum atomic E-state index is -0.884. The largest absolute Gasteiger partial charge is 0.481 e. The van der Waals surface area contributed by atoms with Gasteiger partial charge in [0.25, 0.3) is 0 Å². The first kappa shape index (κ1) is 23.8. The summed E-state index contributed by atoms with van der Waals surface area (Å²) in [5, 5.41) is 20.3. The number of aliphatic hydroxyl groups is 1. The first-order valence-electron chi connectivity index (χ1n) is 8.80. The SMILES string of the molecule is CCC(CC(C)C(=O)O)C(=O)NCCOCCOCC(C)OCCO. The van der Waals surface area contributed by atoms with Crippen molar-refractivity contribution in [1.82, 2.24) is 5.32 Å². The quantitative estimate of drug-likeness (QED) is 0.345. The van der Waals surface area contributed by atoms with E-state index in [0.29, 0.717) is 52.4 Å². The first-order chi connectivity index (χ1) is 11.9. The molecule has 0 heterocycles. The van der Waals surface area contributed by atoms with Crippen LogP contribution in [0.25, 0.3) is 0 Å². The maximum Gasteiger partial charge on any atom is 0.306 e. The molecule has 0 saturated heterocycles. The Morgan fingerprint density at radius 2 is 1.76 bits per heavy atom. The van der Waals surface area contributed by atoms with Crippen molar-refractivity contribution < 1.29 is 34.0 Å². The molecule has 3 N–H and O–H groups in total. The molecular weight excluding hydrogens is 330 g/mol. The van der Waals surface area contributed by atoms with Gasteiger partial charge in [-0.15, -0.1) is 0 Å². The molecule has 0 saturated carbocycles. The van der Waals surface area contributed by atoms with Crippen molar-refractivity contribution in [2.45, 2.75) is 39.7 Å². The van der Waals surface area contributed by atoms with Crippen LogP contribution >= 0.6 is 0 Å². The third-order valence-electron chi connectivity index (χ3n) is 3.69. The fourth-order valence-electron chi connectivity index (χ4n) is 2.15. The normalized spacial score (nSPS) is 14.7. The number of carboxylic acid groups (broad SMARTS) is 1. The monoisotopic (exact) mass is 363 g/mol. The van der Waals surface area contributed by atoms with E-state index in [1.54, 1.807) is 6.92 Å². The van der Waals surface area contributed by atoms with Crippen LogP contribution in [-0.2, 0) is 23.8 Å². The molecule has 0 rings (SSSR count). The third kappa shape index (κ3) is 12.7. The Morgan fingerprint density at radius 1 is 1.08 bits per heavy atom. The highest BCUT2D eigenvalue weighted by atomic mass is 16.5. The number of aliphatic hydroxyl groups excluding tert-OH is 1. The van der Waals surface area contributed by atoms with Crippen molar-refractivity contribution in [3.63, 3.8) is 0 Å². The zero-order valence-corrected chi connectivity index (χ0v) is 15.5. The number of aliphatic carboxylic acids is 1. The van der Waals surface area contributed by atoms with Gasteiger partial charge in [-0.3, -0.25) is 9.59 Å². The van der Waals surface area contributed by atoms with Crippen molar-refractivity contribution in [1.29, 1.82) is 0 Å². The van der Waals surface area contributed by atoms with Crippen molar-refractivity contribution >= 4 is 11.9 Å². The highest BCUT2D eigenvalue weighted by Gasteiger charge is 2.22. The summed E-state index contributed by atoms with van der Waals surface area (Å²) in [6, 6.07) is 0. The Bertz CT molecular complexity index is 365. The number of carboxylic acids is 1. The van der Waals surface area contributed by atoms with Crippen LogP contribution in [0.4, 0.5) is 0 Å². The van der Waals surface area contributed by atoms with Gasteiger partial charge in [0, 0.05) is 12.5 Å². The van der Waals surface area contributed by atoms with Crippen LogP contribution in [0.1, 0.15) is 33.6 Å². The molecule has 0 radical (unpaired) electrons. The molecular formula is C17H33NO7. The maximum atomic E-state index is 12.0. The van der Waals surface area contributed by atoms with Crippen LogP contribution in [0.5, 0.6) is 0 Å². The maximum absolute atomic E-state index is 12.0. The number of carbonyl (C=O) groups excluding carboxylic acids is 1. The minimum Gasteiger partial charge on any atom is -0.481 e. The third-order valence-corrected chi connectivity index (χ3v) is 3.69. The molecule has 0 aromatic heterocycles. The van der Waals surface area contributed by atoms with Crippen LogP contribution in [-0.4, -0.2) is 74.4 Å². The van der Waals surface area contributed by atoms with E-state index in [4.69, 9.17) is 24.4 Å². The minimum absolute atomic E-state index is 0.00667. The lowest BCUT2D eigenvalue weighted by atomic mass is 9.93. The molecule has 0 aliphatic carbocycles. The summed E-state index contributed by atoms with van der Waals surface area (Å²) < 4.78 is 16.0. The Balaban J connectivity index is 3.66. The Kier molecular flexibility index (Phi) is 14.3. The lowest BCUT2D eigenvalue weighted by molar-refractivity contribution is -0.142. The molecule has 0 bridgehead atoms. The van der Waals surface area contributed by atoms with Crippen LogP contribution in [0.2, 0.25) is 0 Å². The van der Waals surface area contributed by atoms with Crippen LogP contribution in [0.3, 0.4) is 0 Å². The average molecular weight is 363 g/mol. The van der Waals surface area contributed by atoms with Gasteiger partial charge in [-0.2, -0.15) is 0 Å². The summed E-state index contributed by atoms with van der Waals surface area (Å²) in [4.78, 5) is 22.9. The van der Waals surface area contributed by atoms with Crippen molar-refractivity contribution in [3.05, 3.63) is 0 Å². The second kappa shape index (κ2) is 15.1. The molecule has 8 nitrogen and oxygen atoms in total. The smallest absolute Gasteiger partial charge is 0.306 e. The average Bonchev–Trinajstić information content (AvgIpc) is 2.59. The lowest BCUT2D eigenvalue weighted by Gasteiger charge is -2.17. The van der Waals surface area contributed by atoms with Crippen LogP contribution in [0, 0.1) is 11.8 Å². The van der Waals surface area contributed by atoms with Crippen LogP contribution < -0.4 is 5.32 Å². The second-order valence-corrected chi connectivity index (χ2v) is 5.96. The van der Waals surface area contributed by atoms with E-state index in [9.17, 15) is 9.59 Å². The zero-order valence-electron chi connectivity index (χ0n) is 15.5. The van der Waals surface area contributed by atoms with E-state index in [1.165, 1.54) is 0 Å². The van der Waals surface area contributed by atoms with Gasteiger partial charge >= 0.3 is 5.97 Å². The topological polar surface area (TPSA) is 114 Å². The van der Waals surface area contributed by atoms with Gasteiger partial charge in [-0.1, -0.05) is 13.8 Å². The Morgan fingerprint density at radius 3 is 2.36 bits per heavy atom. The van der Waals surface area contributed by atoms with Gasteiger partial charge in [-0.05, 0) is 19.8 Å². The number of nitrogens with one attached hydrogen (secondary N) is 1. The number of hydrogen-bond acceptors (Lipinski definition) is 6. The molecule has 1 amide bonds. The molecule has 25 heavy (non-hydrogen) atoms. The summed E-state index contributed by atoms with van der Waals surface area (Å²) in [6.45, 7) is 7.65. The first-order valence-corrected chi connectivity index (χ1v) is 8.80. The predicted molar refractivity (Wildman–Crippen MR) is 92.3 cm³/mol. The standard InChI is InChI=1S/C17H33NO7/c1-4-15(11-13(2)17(21)22)16(20)18-5-7-23-9-10-24-12-14(3)25-8-6-19/h13-15,19H,4-12H2,1-3H3,(H,18,20)(H,21,22). The molecule has 0 aromatic carbocycles. The Hall–Kier alpha value is -1.22. The number of carbonyl (C=O) groups is 2. The van der Waals surface area contributed by atoms with Gasteiger partial charge in [-0.25, -0.2) is 0 Å². The molecule has 0 spiro atoms. The summed E-state index contributed by atoms with van der Waals surface area (Å²) >= 11 is 0. The molecule has 8 heteroatoms. The van der Waals surface area contributed by atoms with E-state index < -0.39 is 11.9 Å². The highest BCUT2D eigenvalue weighted by Crippen LogP contribution is 2.15. The van der Waals surface area contributed by atoms with E-state index in [-0.39, 0.29) is 24.5 Å². The van der Waals surface area contributed by atoms with Gasteiger partial charge in [0.15, 0.2) is 0 Å². The fraction of sp³-hybridized carbons (Fsp3) is 0.882. The molecule has 148 valence electrons. The molecule has 3 atom stereocenters. The second-order valence-electron chi connectivity index (χ2n) is 5.96. The van der Waals surface area contributed by atoms with Gasteiger partial charge in [0.2, 0.25) is 5.91 Å². The number of hydrogen-bond donors (Lipinski definition) is 3.